The lowest BCUT2D eigenvalue weighted by Gasteiger charge is -1.96. The van der Waals surface area contributed by atoms with Crippen molar-refractivity contribution in [1.82, 2.24) is 0 Å². The van der Waals surface area contributed by atoms with Crippen LogP contribution in [-0.4, -0.2) is 6.29 Å². The van der Waals surface area contributed by atoms with Crippen LogP contribution in [-0.2, 0) is 0 Å². The summed E-state index contributed by atoms with van der Waals surface area (Å²) in [4.78, 5) is 10.8. The maximum Gasteiger partial charge on any atom is 0.151 e. The fraction of sp³-hybridized carbons (Fsp3) is 0. The van der Waals surface area contributed by atoms with E-state index in [-0.39, 0.29) is 0 Å². The second-order valence-electron chi connectivity index (χ2n) is 2.64. The third kappa shape index (κ3) is 1.36. The predicted molar refractivity (Wildman–Crippen MR) is 59.3 cm³/mol. The van der Waals surface area contributed by atoms with Crippen LogP contribution in [0.15, 0.2) is 22.7 Å². The molecule has 13 heavy (non-hydrogen) atoms. The van der Waals surface area contributed by atoms with Crippen molar-refractivity contribution >= 4 is 48.6 Å². The lowest BCUT2D eigenvalue weighted by molar-refractivity contribution is 0.112. The summed E-state index contributed by atoms with van der Waals surface area (Å²) in [6, 6.07) is 5.64. The summed E-state index contributed by atoms with van der Waals surface area (Å²) in [5.74, 6) is 0. The van der Waals surface area contributed by atoms with Crippen LogP contribution in [0.5, 0.6) is 0 Å². The minimum absolute atomic E-state index is 0.672. The molecule has 4 heteroatoms. The first-order valence-corrected chi connectivity index (χ1v) is 5.26. The van der Waals surface area contributed by atoms with Crippen LogP contribution in [0, 0.1) is 0 Å². The first kappa shape index (κ1) is 8.72. The molecule has 0 radical (unpaired) electrons. The fourth-order valence-electron chi connectivity index (χ4n) is 1.25. The zero-order valence-corrected chi connectivity index (χ0v) is 8.98. The first-order valence-electron chi connectivity index (χ1n) is 3.65. The highest BCUT2D eigenvalue weighted by atomic mass is 79.9. The molecule has 0 saturated heterocycles. The Morgan fingerprint density at radius 3 is 2.92 bits per heavy atom. The SMILES string of the molecule is Nc1cc2c(C=O)c(Br)ccc2s1. The van der Waals surface area contributed by atoms with Crippen molar-refractivity contribution in [3.05, 3.63) is 28.2 Å². The van der Waals surface area contributed by atoms with E-state index in [4.69, 9.17) is 5.73 Å². The molecule has 0 aliphatic rings. The van der Waals surface area contributed by atoms with Gasteiger partial charge in [0, 0.05) is 20.1 Å². The van der Waals surface area contributed by atoms with Gasteiger partial charge in [0.1, 0.15) is 0 Å². The Bertz CT molecular complexity index is 478. The van der Waals surface area contributed by atoms with Gasteiger partial charge in [-0.2, -0.15) is 0 Å². The Labute approximate surface area is 87.5 Å². The molecule has 0 bridgehead atoms. The van der Waals surface area contributed by atoms with E-state index in [1.165, 1.54) is 11.3 Å². The number of aldehydes is 1. The van der Waals surface area contributed by atoms with Gasteiger partial charge in [-0.25, -0.2) is 0 Å². The summed E-state index contributed by atoms with van der Waals surface area (Å²) >= 11 is 4.81. The molecule has 1 heterocycles. The average Bonchev–Trinajstić information content (AvgIpc) is 2.45. The van der Waals surface area contributed by atoms with Crippen molar-refractivity contribution < 1.29 is 4.79 Å². The maximum absolute atomic E-state index is 10.8. The molecule has 0 aliphatic carbocycles. The fourth-order valence-corrected chi connectivity index (χ4v) is 2.53. The molecule has 0 unspecified atom stereocenters. The lowest BCUT2D eigenvalue weighted by Crippen LogP contribution is -1.82. The lowest BCUT2D eigenvalue weighted by atomic mass is 10.1. The number of fused-ring (bicyclic) bond motifs is 1. The highest BCUT2D eigenvalue weighted by Gasteiger charge is 2.07. The Kier molecular flexibility index (Phi) is 2.09. The van der Waals surface area contributed by atoms with E-state index in [2.05, 4.69) is 15.9 Å². The molecule has 0 spiro atoms. The van der Waals surface area contributed by atoms with Crippen LogP contribution >= 0.6 is 27.3 Å². The Balaban J connectivity index is 2.90. The first-order chi connectivity index (χ1) is 6.22. The number of halogens is 1. The number of hydrogen-bond donors (Lipinski definition) is 1. The third-order valence-corrected chi connectivity index (χ3v) is 3.45. The largest absolute Gasteiger partial charge is 0.391 e. The molecule has 0 amide bonds. The number of anilines is 1. The van der Waals surface area contributed by atoms with Gasteiger partial charge in [-0.3, -0.25) is 4.79 Å². The van der Waals surface area contributed by atoms with Crippen LogP contribution < -0.4 is 5.73 Å². The normalized spacial score (nSPS) is 10.5. The monoisotopic (exact) mass is 255 g/mol. The van der Waals surface area contributed by atoms with Crippen molar-refractivity contribution in [3.8, 4) is 0 Å². The van der Waals surface area contributed by atoms with Gasteiger partial charge < -0.3 is 5.73 Å². The highest BCUT2D eigenvalue weighted by molar-refractivity contribution is 9.10. The number of benzene rings is 1. The van der Waals surface area contributed by atoms with Crippen LogP contribution in [0.25, 0.3) is 10.1 Å². The van der Waals surface area contributed by atoms with Crippen molar-refractivity contribution in [3.63, 3.8) is 0 Å². The minimum atomic E-state index is 0.672. The number of hydrogen-bond acceptors (Lipinski definition) is 3. The van der Waals surface area contributed by atoms with Gasteiger partial charge in [0.15, 0.2) is 6.29 Å². The van der Waals surface area contributed by atoms with E-state index >= 15 is 0 Å². The Morgan fingerprint density at radius 1 is 1.46 bits per heavy atom. The molecular formula is C9H6BrNOS. The molecule has 0 fully saturated rings. The topological polar surface area (TPSA) is 43.1 Å². The third-order valence-electron chi connectivity index (χ3n) is 1.83. The number of nitrogen functional groups attached to an aromatic ring is 1. The summed E-state index contributed by atoms with van der Waals surface area (Å²) in [6.45, 7) is 0. The molecule has 0 aliphatic heterocycles. The van der Waals surface area contributed by atoms with E-state index in [0.29, 0.717) is 5.56 Å². The van der Waals surface area contributed by atoms with Crippen molar-refractivity contribution in [2.24, 2.45) is 0 Å². The van der Waals surface area contributed by atoms with Crippen LogP contribution in [0.3, 0.4) is 0 Å². The molecule has 66 valence electrons. The van der Waals surface area contributed by atoms with Gasteiger partial charge in [0.05, 0.1) is 5.00 Å². The van der Waals surface area contributed by atoms with Gasteiger partial charge in [-0.05, 0) is 18.2 Å². The molecule has 2 rings (SSSR count). The summed E-state index contributed by atoms with van der Waals surface area (Å²) in [7, 11) is 0. The second kappa shape index (κ2) is 3.12. The highest BCUT2D eigenvalue weighted by Crippen LogP contribution is 2.32. The number of nitrogens with two attached hydrogens (primary N) is 1. The van der Waals surface area contributed by atoms with Crippen LogP contribution in [0.2, 0.25) is 0 Å². The standard InChI is InChI=1S/C9H6BrNOS/c10-7-1-2-8-5(6(7)4-12)3-9(11)13-8/h1-4H,11H2. The summed E-state index contributed by atoms with van der Waals surface area (Å²) < 4.78 is 1.86. The Hall–Kier alpha value is -0.870. The molecule has 2 N–H and O–H groups in total. The number of carbonyl (C=O) groups is 1. The van der Waals surface area contributed by atoms with Crippen LogP contribution in [0.4, 0.5) is 5.00 Å². The molecule has 2 aromatic rings. The molecule has 2 nitrogen and oxygen atoms in total. The number of rotatable bonds is 1. The smallest absolute Gasteiger partial charge is 0.151 e. The van der Waals surface area contributed by atoms with Gasteiger partial charge in [0.25, 0.3) is 0 Å². The Morgan fingerprint density at radius 2 is 2.23 bits per heavy atom. The van der Waals surface area contributed by atoms with E-state index in [1.54, 1.807) is 0 Å². The van der Waals surface area contributed by atoms with Gasteiger partial charge in [-0.15, -0.1) is 11.3 Å². The van der Waals surface area contributed by atoms with E-state index < -0.39 is 0 Å². The van der Waals surface area contributed by atoms with E-state index in [1.807, 2.05) is 18.2 Å². The molecule has 1 aromatic heterocycles. The zero-order valence-electron chi connectivity index (χ0n) is 6.58. The predicted octanol–water partition coefficient (Wildman–Crippen LogP) is 3.06. The molecular weight excluding hydrogens is 250 g/mol. The minimum Gasteiger partial charge on any atom is -0.391 e. The van der Waals surface area contributed by atoms with Crippen molar-refractivity contribution in [2.75, 3.05) is 5.73 Å². The molecule has 0 atom stereocenters. The average molecular weight is 256 g/mol. The second-order valence-corrected chi connectivity index (χ2v) is 4.61. The summed E-state index contributed by atoms with van der Waals surface area (Å²) in [5.41, 5.74) is 6.32. The van der Waals surface area contributed by atoms with E-state index in [9.17, 15) is 4.79 Å². The molecule has 0 saturated carbocycles. The number of thiophene rings is 1. The van der Waals surface area contributed by atoms with Gasteiger partial charge in [0.2, 0.25) is 0 Å². The van der Waals surface area contributed by atoms with Crippen molar-refractivity contribution in [1.29, 1.82) is 0 Å². The zero-order chi connectivity index (χ0) is 9.42. The summed E-state index contributed by atoms with van der Waals surface area (Å²) in [6.07, 6.45) is 0.846. The molecule has 1 aromatic carbocycles. The summed E-state index contributed by atoms with van der Waals surface area (Å²) in [5, 5.41) is 1.66. The quantitative estimate of drug-likeness (QED) is 0.797. The maximum atomic E-state index is 10.8. The van der Waals surface area contributed by atoms with Crippen LogP contribution in [0.1, 0.15) is 10.4 Å². The van der Waals surface area contributed by atoms with Gasteiger partial charge in [-0.1, -0.05) is 15.9 Å². The van der Waals surface area contributed by atoms with Crippen molar-refractivity contribution in [2.45, 2.75) is 0 Å². The number of carbonyl (C=O) groups excluding carboxylic acids is 1. The van der Waals surface area contributed by atoms with E-state index in [0.717, 1.165) is 25.8 Å². The van der Waals surface area contributed by atoms with Gasteiger partial charge >= 0.3 is 0 Å².